The highest BCUT2D eigenvalue weighted by molar-refractivity contribution is 6.77. The molecule has 0 saturated carbocycles. The minimum Gasteiger partial charge on any atom is -0.420 e. The van der Waals surface area contributed by atoms with Crippen molar-refractivity contribution in [3.8, 4) is 0 Å². The van der Waals surface area contributed by atoms with Gasteiger partial charge in [-0.05, 0) is 43.2 Å². The van der Waals surface area contributed by atoms with Crippen LogP contribution in [0.2, 0.25) is 37.3 Å². The van der Waals surface area contributed by atoms with Gasteiger partial charge >= 0.3 is 0 Å². The van der Waals surface area contributed by atoms with Crippen molar-refractivity contribution in [3.63, 3.8) is 0 Å². The molecular formula is C17H40N2OSi2. The van der Waals surface area contributed by atoms with Crippen molar-refractivity contribution in [3.05, 3.63) is 0 Å². The van der Waals surface area contributed by atoms with Crippen LogP contribution in [0.25, 0.3) is 0 Å². The molecule has 3 nitrogen and oxygen atoms in total. The molecule has 1 aliphatic heterocycles. The fraction of sp³-hybridized carbons (Fsp3) is 1.00. The molecule has 1 saturated heterocycles. The van der Waals surface area contributed by atoms with Crippen LogP contribution in [0.15, 0.2) is 0 Å². The third-order valence-corrected chi connectivity index (χ3v) is 14.5. The maximum absolute atomic E-state index is 5.72. The van der Waals surface area contributed by atoms with E-state index in [1.54, 1.807) is 0 Å². The lowest BCUT2D eigenvalue weighted by molar-refractivity contribution is 0.165. The SMILES string of the molecule is CC[Si](CC)(CC)N1CCN(CC(C)C[Si](C)(C)OC)CC1. The predicted octanol–water partition coefficient (Wildman–Crippen LogP) is 4.10. The largest absolute Gasteiger partial charge is 0.420 e. The van der Waals surface area contributed by atoms with Gasteiger partial charge in [0.05, 0.1) is 0 Å². The molecule has 1 atom stereocenters. The second kappa shape index (κ2) is 8.97. The van der Waals surface area contributed by atoms with E-state index >= 15 is 0 Å². The van der Waals surface area contributed by atoms with Crippen LogP contribution in [0, 0.1) is 5.92 Å². The zero-order valence-corrected chi connectivity index (χ0v) is 18.2. The van der Waals surface area contributed by atoms with Gasteiger partial charge in [0.2, 0.25) is 0 Å². The molecule has 0 N–H and O–H groups in total. The molecule has 0 aromatic heterocycles. The topological polar surface area (TPSA) is 15.7 Å². The summed E-state index contributed by atoms with van der Waals surface area (Å²) in [6.45, 7) is 20.8. The molecule has 0 aliphatic carbocycles. The highest BCUT2D eigenvalue weighted by atomic mass is 28.4. The molecule has 1 aliphatic rings. The Morgan fingerprint density at radius 3 is 1.86 bits per heavy atom. The van der Waals surface area contributed by atoms with E-state index in [1.165, 1.54) is 56.9 Å². The molecule has 132 valence electrons. The van der Waals surface area contributed by atoms with Crippen molar-refractivity contribution in [2.24, 2.45) is 5.92 Å². The van der Waals surface area contributed by atoms with Crippen molar-refractivity contribution in [1.82, 2.24) is 9.47 Å². The number of hydrogen-bond acceptors (Lipinski definition) is 3. The first kappa shape index (κ1) is 20.4. The van der Waals surface area contributed by atoms with Crippen LogP contribution in [-0.2, 0) is 4.43 Å². The van der Waals surface area contributed by atoms with E-state index in [4.69, 9.17) is 4.43 Å². The molecule has 0 aromatic carbocycles. The smallest absolute Gasteiger partial charge is 0.186 e. The Morgan fingerprint density at radius 1 is 0.955 bits per heavy atom. The predicted molar refractivity (Wildman–Crippen MR) is 104 cm³/mol. The first-order chi connectivity index (χ1) is 10.3. The number of rotatable bonds is 9. The molecule has 0 aromatic rings. The third-order valence-electron chi connectivity index (χ3n) is 5.98. The summed E-state index contributed by atoms with van der Waals surface area (Å²) in [4.78, 5) is 2.70. The van der Waals surface area contributed by atoms with Crippen LogP contribution in [0.1, 0.15) is 27.7 Å². The van der Waals surface area contributed by atoms with Crippen LogP contribution in [-0.4, -0.2) is 65.9 Å². The monoisotopic (exact) mass is 344 g/mol. The van der Waals surface area contributed by atoms with Gasteiger partial charge < -0.3 is 13.9 Å². The molecule has 22 heavy (non-hydrogen) atoms. The Bertz CT molecular complexity index is 306. The molecule has 0 bridgehead atoms. The minimum absolute atomic E-state index is 0.763. The molecule has 0 amide bonds. The summed E-state index contributed by atoms with van der Waals surface area (Å²) in [6, 6.07) is 5.54. The van der Waals surface area contributed by atoms with Crippen LogP contribution < -0.4 is 0 Å². The van der Waals surface area contributed by atoms with Gasteiger partial charge in [0.25, 0.3) is 0 Å². The summed E-state index contributed by atoms with van der Waals surface area (Å²) in [6.07, 6.45) is 0. The molecule has 0 radical (unpaired) electrons. The molecular weight excluding hydrogens is 304 g/mol. The maximum atomic E-state index is 5.72. The Morgan fingerprint density at radius 2 is 1.45 bits per heavy atom. The summed E-state index contributed by atoms with van der Waals surface area (Å²) < 4.78 is 8.63. The molecule has 1 rings (SSSR count). The average molecular weight is 345 g/mol. The van der Waals surface area contributed by atoms with Crippen molar-refractivity contribution in [2.45, 2.75) is 65.0 Å². The van der Waals surface area contributed by atoms with Crippen molar-refractivity contribution in [1.29, 1.82) is 0 Å². The summed E-state index contributed by atoms with van der Waals surface area (Å²) in [5.74, 6) is 0.763. The highest BCUT2D eigenvalue weighted by Gasteiger charge is 2.36. The number of piperazine rings is 1. The Balaban J connectivity index is 2.45. The highest BCUT2D eigenvalue weighted by Crippen LogP contribution is 2.26. The zero-order chi connectivity index (χ0) is 16.8. The van der Waals surface area contributed by atoms with Gasteiger partial charge in [-0.25, -0.2) is 0 Å². The summed E-state index contributed by atoms with van der Waals surface area (Å²) in [5, 5.41) is 0. The van der Waals surface area contributed by atoms with Gasteiger partial charge in [-0.3, -0.25) is 0 Å². The van der Waals surface area contributed by atoms with Gasteiger partial charge in [0.1, 0.15) is 8.24 Å². The van der Waals surface area contributed by atoms with Gasteiger partial charge in [-0.2, -0.15) is 0 Å². The van der Waals surface area contributed by atoms with Gasteiger partial charge in [-0.15, -0.1) is 0 Å². The summed E-state index contributed by atoms with van der Waals surface area (Å²) in [5.41, 5.74) is 0. The van der Waals surface area contributed by atoms with Gasteiger partial charge in [0.15, 0.2) is 8.32 Å². The zero-order valence-electron chi connectivity index (χ0n) is 16.2. The average Bonchev–Trinajstić information content (AvgIpc) is 2.50. The van der Waals surface area contributed by atoms with E-state index in [1.807, 2.05) is 7.11 Å². The Hall–Kier alpha value is 0.314. The Kier molecular flexibility index (Phi) is 8.30. The lowest BCUT2D eigenvalue weighted by Gasteiger charge is -2.46. The summed E-state index contributed by atoms with van der Waals surface area (Å²) in [7, 11) is -0.661. The van der Waals surface area contributed by atoms with Crippen molar-refractivity contribution in [2.75, 3.05) is 39.8 Å². The molecule has 1 unspecified atom stereocenters. The minimum atomic E-state index is -1.42. The number of hydrogen-bond donors (Lipinski definition) is 0. The van der Waals surface area contributed by atoms with E-state index < -0.39 is 16.6 Å². The van der Waals surface area contributed by atoms with Crippen molar-refractivity contribution < 1.29 is 4.43 Å². The van der Waals surface area contributed by atoms with E-state index in [-0.39, 0.29) is 0 Å². The van der Waals surface area contributed by atoms with Gasteiger partial charge in [-0.1, -0.05) is 27.7 Å². The molecule has 1 fully saturated rings. The standard InChI is InChI=1S/C17H40N2OSi2/c1-8-22(9-2,10-3)19-13-11-18(12-14-19)15-17(4)16-21(6,7)20-5/h17H,8-16H2,1-7H3. The fourth-order valence-electron chi connectivity index (χ4n) is 4.25. The quantitative estimate of drug-likeness (QED) is 0.586. The van der Waals surface area contributed by atoms with E-state index in [2.05, 4.69) is 50.3 Å². The second-order valence-electron chi connectivity index (χ2n) is 7.85. The van der Waals surface area contributed by atoms with E-state index in [0.29, 0.717) is 0 Å². The molecule has 0 spiro atoms. The van der Waals surface area contributed by atoms with Gasteiger partial charge in [0, 0.05) is 39.8 Å². The fourth-order valence-corrected chi connectivity index (χ4v) is 10.2. The van der Waals surface area contributed by atoms with Crippen molar-refractivity contribution >= 4 is 16.6 Å². The maximum Gasteiger partial charge on any atom is 0.186 e. The molecule has 5 heteroatoms. The first-order valence-corrected chi connectivity index (χ1v) is 15.0. The molecule has 1 heterocycles. The second-order valence-corrected chi connectivity index (χ2v) is 17.4. The van der Waals surface area contributed by atoms with Crippen LogP contribution in [0.3, 0.4) is 0 Å². The Labute approximate surface area is 141 Å². The van der Waals surface area contributed by atoms with E-state index in [9.17, 15) is 0 Å². The normalized spacial score (nSPS) is 20.3. The number of nitrogens with zero attached hydrogens (tertiary/aromatic N) is 2. The lowest BCUT2D eigenvalue weighted by atomic mass is 10.2. The van der Waals surface area contributed by atoms with Crippen LogP contribution in [0.5, 0.6) is 0 Å². The van der Waals surface area contributed by atoms with E-state index in [0.717, 1.165) is 5.92 Å². The lowest BCUT2D eigenvalue weighted by Crippen LogP contribution is -2.59. The van der Waals surface area contributed by atoms with Crippen LogP contribution in [0.4, 0.5) is 0 Å². The summed E-state index contributed by atoms with van der Waals surface area (Å²) >= 11 is 0. The third kappa shape index (κ3) is 5.44. The van der Waals surface area contributed by atoms with Crippen LogP contribution >= 0.6 is 0 Å². The first-order valence-electron chi connectivity index (χ1n) is 9.35.